The summed E-state index contributed by atoms with van der Waals surface area (Å²) < 4.78 is 7.76. The summed E-state index contributed by atoms with van der Waals surface area (Å²) in [6, 6.07) is 1.59. The minimum absolute atomic E-state index is 0.148. The van der Waals surface area contributed by atoms with Crippen molar-refractivity contribution in [2.24, 2.45) is 11.5 Å². The highest BCUT2D eigenvalue weighted by molar-refractivity contribution is 7.15. The van der Waals surface area contributed by atoms with Crippen LogP contribution in [0.5, 0.6) is 0 Å². The lowest BCUT2D eigenvalue weighted by molar-refractivity contribution is -0.135. The minimum atomic E-state index is -0.617. The van der Waals surface area contributed by atoms with Crippen LogP contribution >= 0.6 is 11.3 Å². The van der Waals surface area contributed by atoms with Crippen molar-refractivity contribution in [1.29, 1.82) is 0 Å². The average Bonchev–Trinajstić information content (AvgIpc) is 2.97. The van der Waals surface area contributed by atoms with Crippen LogP contribution in [-0.2, 0) is 16.8 Å². The third-order valence-corrected chi connectivity index (χ3v) is 5.76. The SMILES string of the molecule is Cc1cc(C(N)=O)nn1-c1sc2c(c1C(N)=O)CC(C)(C)OC2(C)C. The lowest BCUT2D eigenvalue weighted by Gasteiger charge is -2.41. The van der Waals surface area contributed by atoms with Gasteiger partial charge in [-0.25, -0.2) is 4.68 Å². The predicted octanol–water partition coefficient (Wildman–Crippen LogP) is 2.03. The van der Waals surface area contributed by atoms with E-state index in [0.717, 1.165) is 10.4 Å². The molecule has 2 aromatic heterocycles. The van der Waals surface area contributed by atoms with E-state index in [2.05, 4.69) is 5.10 Å². The summed E-state index contributed by atoms with van der Waals surface area (Å²) in [5.74, 6) is -1.13. The van der Waals surface area contributed by atoms with Gasteiger partial charge in [-0.3, -0.25) is 9.59 Å². The van der Waals surface area contributed by atoms with E-state index in [1.54, 1.807) is 17.7 Å². The first-order chi connectivity index (χ1) is 11.4. The molecule has 0 radical (unpaired) electrons. The number of carbonyl (C=O) groups excluding carboxylic acids is 2. The van der Waals surface area contributed by atoms with E-state index in [0.29, 0.717) is 22.7 Å². The van der Waals surface area contributed by atoms with Crippen LogP contribution in [0.2, 0.25) is 0 Å². The zero-order valence-corrected chi connectivity index (χ0v) is 15.8. The Kier molecular flexibility index (Phi) is 3.81. The third kappa shape index (κ3) is 2.85. The molecule has 7 nitrogen and oxygen atoms in total. The Morgan fingerprint density at radius 2 is 1.88 bits per heavy atom. The van der Waals surface area contributed by atoms with Crippen LogP contribution in [0.3, 0.4) is 0 Å². The lowest BCUT2D eigenvalue weighted by atomic mass is 9.86. The minimum Gasteiger partial charge on any atom is -0.365 e. The number of hydrogen-bond donors (Lipinski definition) is 2. The number of ether oxygens (including phenoxy) is 1. The van der Waals surface area contributed by atoms with Gasteiger partial charge in [0.25, 0.3) is 11.8 Å². The van der Waals surface area contributed by atoms with E-state index in [-0.39, 0.29) is 5.69 Å². The molecule has 4 N–H and O–H groups in total. The number of thiophene rings is 1. The maximum absolute atomic E-state index is 12.3. The van der Waals surface area contributed by atoms with Crippen LogP contribution in [0.4, 0.5) is 0 Å². The number of primary amides is 2. The Morgan fingerprint density at radius 1 is 1.24 bits per heavy atom. The topological polar surface area (TPSA) is 113 Å². The van der Waals surface area contributed by atoms with E-state index in [9.17, 15) is 9.59 Å². The third-order valence-electron chi connectivity index (χ3n) is 4.25. The van der Waals surface area contributed by atoms with E-state index >= 15 is 0 Å². The van der Waals surface area contributed by atoms with Gasteiger partial charge >= 0.3 is 0 Å². The van der Waals surface area contributed by atoms with Gasteiger partial charge in [0.05, 0.1) is 16.8 Å². The van der Waals surface area contributed by atoms with Crippen molar-refractivity contribution in [2.75, 3.05) is 0 Å². The quantitative estimate of drug-likeness (QED) is 0.869. The first-order valence-electron chi connectivity index (χ1n) is 7.96. The molecule has 2 aromatic rings. The summed E-state index contributed by atoms with van der Waals surface area (Å²) >= 11 is 1.41. The molecule has 2 amide bonds. The maximum atomic E-state index is 12.3. The Bertz CT molecular complexity index is 892. The molecule has 0 aromatic carbocycles. The van der Waals surface area contributed by atoms with Crippen molar-refractivity contribution in [1.82, 2.24) is 9.78 Å². The fraction of sp³-hybridized carbons (Fsp3) is 0.471. The van der Waals surface area contributed by atoms with Crippen molar-refractivity contribution in [2.45, 2.75) is 52.2 Å². The molecule has 0 spiro atoms. The summed E-state index contributed by atoms with van der Waals surface area (Å²) in [4.78, 5) is 24.6. The van der Waals surface area contributed by atoms with E-state index in [1.807, 2.05) is 27.7 Å². The largest absolute Gasteiger partial charge is 0.365 e. The number of hydrogen-bond acceptors (Lipinski definition) is 5. The molecule has 0 fully saturated rings. The molecule has 0 saturated carbocycles. The zero-order valence-electron chi connectivity index (χ0n) is 15.0. The van der Waals surface area contributed by atoms with Crippen LogP contribution in [-0.4, -0.2) is 27.2 Å². The molecule has 1 aliphatic heterocycles. The van der Waals surface area contributed by atoms with Gasteiger partial charge < -0.3 is 16.2 Å². The molecular formula is C17H22N4O3S. The van der Waals surface area contributed by atoms with Crippen molar-refractivity contribution < 1.29 is 14.3 Å². The van der Waals surface area contributed by atoms with Gasteiger partial charge in [0.15, 0.2) is 5.69 Å². The van der Waals surface area contributed by atoms with Gasteiger partial charge in [-0.1, -0.05) is 0 Å². The normalized spacial score (nSPS) is 18.0. The molecule has 0 unspecified atom stereocenters. The Labute approximate surface area is 149 Å². The molecule has 134 valence electrons. The molecular weight excluding hydrogens is 340 g/mol. The Hall–Kier alpha value is -2.19. The standard InChI is InChI=1S/C17H22N4O3S/c1-8-6-10(13(18)22)20-21(8)15-11(14(19)23)9-7-16(2,3)24-17(4,5)12(9)25-15/h6H,7H2,1-5H3,(H2,18,22)(H2,19,23). The average molecular weight is 362 g/mol. The summed E-state index contributed by atoms with van der Waals surface area (Å²) in [6.07, 6.45) is 0.573. The number of amides is 2. The summed E-state index contributed by atoms with van der Waals surface area (Å²) in [6.45, 7) is 9.73. The first-order valence-corrected chi connectivity index (χ1v) is 8.77. The second kappa shape index (κ2) is 5.40. The molecule has 3 rings (SSSR count). The predicted molar refractivity (Wildman–Crippen MR) is 95.1 cm³/mol. The monoisotopic (exact) mass is 362 g/mol. The highest BCUT2D eigenvalue weighted by Crippen LogP contribution is 2.47. The fourth-order valence-corrected chi connectivity index (χ4v) is 4.88. The highest BCUT2D eigenvalue weighted by Gasteiger charge is 2.43. The van der Waals surface area contributed by atoms with Crippen LogP contribution in [0, 0.1) is 6.92 Å². The molecule has 0 bridgehead atoms. The second-order valence-corrected chi connectivity index (χ2v) is 8.45. The number of carbonyl (C=O) groups is 2. The maximum Gasteiger partial charge on any atom is 0.269 e. The summed E-state index contributed by atoms with van der Waals surface area (Å²) in [5.41, 5.74) is 12.2. The molecule has 3 heterocycles. The van der Waals surface area contributed by atoms with Crippen molar-refractivity contribution >= 4 is 23.2 Å². The molecule has 8 heteroatoms. The smallest absolute Gasteiger partial charge is 0.269 e. The molecule has 25 heavy (non-hydrogen) atoms. The summed E-state index contributed by atoms with van der Waals surface area (Å²) in [5, 5.41) is 4.85. The number of nitrogens with zero attached hydrogens (tertiary/aromatic N) is 2. The van der Waals surface area contributed by atoms with E-state index in [1.165, 1.54) is 11.3 Å². The van der Waals surface area contributed by atoms with Gasteiger partial charge in [-0.2, -0.15) is 5.10 Å². The van der Waals surface area contributed by atoms with Crippen molar-refractivity contribution in [3.63, 3.8) is 0 Å². The van der Waals surface area contributed by atoms with Gasteiger partial charge in [0.1, 0.15) is 5.00 Å². The van der Waals surface area contributed by atoms with E-state index < -0.39 is 23.0 Å². The second-order valence-electron chi connectivity index (χ2n) is 7.45. The van der Waals surface area contributed by atoms with Crippen LogP contribution in [0.15, 0.2) is 6.07 Å². The van der Waals surface area contributed by atoms with Gasteiger partial charge in [0.2, 0.25) is 0 Å². The van der Waals surface area contributed by atoms with Crippen LogP contribution < -0.4 is 11.5 Å². The molecule has 0 saturated heterocycles. The number of nitrogens with two attached hydrogens (primary N) is 2. The van der Waals surface area contributed by atoms with Crippen molar-refractivity contribution in [3.8, 4) is 5.00 Å². The summed E-state index contributed by atoms with van der Waals surface area (Å²) in [7, 11) is 0. The Balaban J connectivity index is 2.29. The number of aromatic nitrogens is 2. The zero-order chi connectivity index (χ0) is 18.7. The fourth-order valence-electron chi connectivity index (χ4n) is 3.51. The molecule has 0 aliphatic carbocycles. The van der Waals surface area contributed by atoms with Crippen molar-refractivity contribution in [3.05, 3.63) is 33.5 Å². The lowest BCUT2D eigenvalue weighted by Crippen LogP contribution is -2.42. The highest BCUT2D eigenvalue weighted by atomic mass is 32.1. The molecule has 0 atom stereocenters. The number of aryl methyl sites for hydroxylation is 1. The van der Waals surface area contributed by atoms with Gasteiger partial charge in [0, 0.05) is 17.0 Å². The van der Waals surface area contributed by atoms with Crippen LogP contribution in [0.25, 0.3) is 5.00 Å². The number of fused-ring (bicyclic) bond motifs is 1. The van der Waals surface area contributed by atoms with Gasteiger partial charge in [-0.05, 0) is 46.2 Å². The van der Waals surface area contributed by atoms with Gasteiger partial charge in [-0.15, -0.1) is 11.3 Å². The first kappa shape index (κ1) is 17.6. The number of rotatable bonds is 3. The molecule has 1 aliphatic rings. The van der Waals surface area contributed by atoms with E-state index in [4.69, 9.17) is 16.2 Å². The van der Waals surface area contributed by atoms with Crippen LogP contribution in [0.1, 0.15) is 64.7 Å². The Morgan fingerprint density at radius 3 is 2.40 bits per heavy atom.